The second kappa shape index (κ2) is 10.2. The standard InChI is InChI=1S/C18H29/c1-3-4-5-6-7-9-12-17(2)15-16-18-13-10-8-11-14-18/h8,10-11,13-15,17H,3-7,9,12,16H2,1-2H3. The van der Waals surface area contributed by atoms with Crippen LogP contribution < -0.4 is 0 Å². The highest BCUT2D eigenvalue weighted by Crippen LogP contribution is 2.16. The molecule has 1 aromatic carbocycles. The van der Waals surface area contributed by atoms with Crippen LogP contribution in [0.1, 0.15) is 64.4 Å². The van der Waals surface area contributed by atoms with Gasteiger partial charge < -0.3 is 0 Å². The third-order valence-electron chi connectivity index (χ3n) is 3.61. The first-order valence-corrected chi connectivity index (χ1v) is 7.70. The summed E-state index contributed by atoms with van der Waals surface area (Å²) in [4.78, 5) is 0. The number of hydrogen-bond acceptors (Lipinski definition) is 0. The molecule has 1 atom stereocenters. The predicted octanol–water partition coefficient (Wildman–Crippen LogP) is 5.82. The Morgan fingerprint density at radius 3 is 2.33 bits per heavy atom. The fraction of sp³-hybridized carbons (Fsp3) is 0.611. The van der Waals surface area contributed by atoms with Crippen molar-refractivity contribution in [1.29, 1.82) is 0 Å². The average molecular weight is 245 g/mol. The van der Waals surface area contributed by atoms with Gasteiger partial charge in [-0.25, -0.2) is 0 Å². The Hall–Kier alpha value is -0.780. The van der Waals surface area contributed by atoms with Crippen LogP contribution in [0.2, 0.25) is 0 Å². The Morgan fingerprint density at radius 2 is 1.61 bits per heavy atom. The molecule has 0 saturated carbocycles. The van der Waals surface area contributed by atoms with E-state index in [-0.39, 0.29) is 0 Å². The molecule has 0 bridgehead atoms. The molecular formula is C18H29. The van der Waals surface area contributed by atoms with Gasteiger partial charge in [-0.1, -0.05) is 89.1 Å². The van der Waals surface area contributed by atoms with Gasteiger partial charge in [0.05, 0.1) is 0 Å². The van der Waals surface area contributed by atoms with E-state index in [9.17, 15) is 0 Å². The van der Waals surface area contributed by atoms with Crippen LogP contribution in [-0.2, 0) is 6.42 Å². The van der Waals surface area contributed by atoms with Gasteiger partial charge in [0.15, 0.2) is 0 Å². The SMILES string of the molecule is CCCCCCCCC(C)[CH]Cc1ccccc1. The average Bonchev–Trinajstić information content (AvgIpc) is 2.41. The molecule has 0 amide bonds. The first-order valence-electron chi connectivity index (χ1n) is 7.70. The van der Waals surface area contributed by atoms with Gasteiger partial charge in [0.2, 0.25) is 0 Å². The Labute approximate surface area is 114 Å². The zero-order chi connectivity index (χ0) is 13.1. The Kier molecular flexibility index (Phi) is 8.63. The van der Waals surface area contributed by atoms with Gasteiger partial charge in [0.25, 0.3) is 0 Å². The van der Waals surface area contributed by atoms with Crippen LogP contribution in [-0.4, -0.2) is 0 Å². The molecule has 0 aliphatic carbocycles. The van der Waals surface area contributed by atoms with Crippen LogP contribution in [0.4, 0.5) is 0 Å². The number of rotatable bonds is 10. The lowest BCUT2D eigenvalue weighted by molar-refractivity contribution is 0.519. The summed E-state index contributed by atoms with van der Waals surface area (Å²) in [5, 5.41) is 0. The van der Waals surface area contributed by atoms with Gasteiger partial charge in [0, 0.05) is 0 Å². The molecule has 1 rings (SSSR count). The van der Waals surface area contributed by atoms with Gasteiger partial charge in [-0.15, -0.1) is 0 Å². The molecule has 0 heteroatoms. The van der Waals surface area contributed by atoms with Crippen LogP contribution >= 0.6 is 0 Å². The van der Waals surface area contributed by atoms with Gasteiger partial charge in [-0.05, 0) is 24.3 Å². The molecule has 0 aliphatic heterocycles. The third-order valence-corrected chi connectivity index (χ3v) is 3.61. The predicted molar refractivity (Wildman–Crippen MR) is 81.6 cm³/mol. The van der Waals surface area contributed by atoms with Crippen molar-refractivity contribution < 1.29 is 0 Å². The molecule has 1 unspecified atom stereocenters. The summed E-state index contributed by atoms with van der Waals surface area (Å²) in [6, 6.07) is 10.8. The molecule has 0 heterocycles. The second-order valence-electron chi connectivity index (χ2n) is 5.46. The molecule has 0 N–H and O–H groups in total. The van der Waals surface area contributed by atoms with Crippen LogP contribution in [0.15, 0.2) is 30.3 Å². The highest BCUT2D eigenvalue weighted by Gasteiger charge is 2.03. The summed E-state index contributed by atoms with van der Waals surface area (Å²) in [6.07, 6.45) is 13.4. The summed E-state index contributed by atoms with van der Waals surface area (Å²) < 4.78 is 0. The molecule has 101 valence electrons. The molecule has 0 fully saturated rings. The van der Waals surface area contributed by atoms with E-state index in [2.05, 4.69) is 50.6 Å². The van der Waals surface area contributed by atoms with Crippen molar-refractivity contribution >= 4 is 0 Å². The van der Waals surface area contributed by atoms with E-state index in [0.717, 1.165) is 12.3 Å². The lowest BCUT2D eigenvalue weighted by Gasteiger charge is -2.10. The lowest BCUT2D eigenvalue weighted by Crippen LogP contribution is -1.98. The lowest BCUT2D eigenvalue weighted by atomic mass is 9.95. The molecule has 0 nitrogen and oxygen atoms in total. The first kappa shape index (κ1) is 15.3. The number of unbranched alkanes of at least 4 members (excludes halogenated alkanes) is 5. The molecule has 0 spiro atoms. The maximum Gasteiger partial charge on any atom is -0.0245 e. The van der Waals surface area contributed by atoms with E-state index in [1.807, 2.05) is 0 Å². The summed E-state index contributed by atoms with van der Waals surface area (Å²) in [7, 11) is 0. The third kappa shape index (κ3) is 7.53. The topological polar surface area (TPSA) is 0 Å². The summed E-state index contributed by atoms with van der Waals surface area (Å²) in [5.41, 5.74) is 1.44. The van der Waals surface area contributed by atoms with Crippen molar-refractivity contribution in [3.63, 3.8) is 0 Å². The summed E-state index contributed by atoms with van der Waals surface area (Å²) >= 11 is 0. The van der Waals surface area contributed by atoms with E-state index < -0.39 is 0 Å². The molecule has 18 heavy (non-hydrogen) atoms. The molecule has 0 saturated heterocycles. The molecule has 1 radical (unpaired) electrons. The monoisotopic (exact) mass is 245 g/mol. The molecule has 0 aliphatic rings. The highest BCUT2D eigenvalue weighted by molar-refractivity contribution is 5.16. The van der Waals surface area contributed by atoms with Gasteiger partial charge in [0.1, 0.15) is 0 Å². The van der Waals surface area contributed by atoms with Crippen LogP contribution in [0.25, 0.3) is 0 Å². The summed E-state index contributed by atoms with van der Waals surface area (Å²) in [5.74, 6) is 0.761. The fourth-order valence-corrected chi connectivity index (χ4v) is 2.32. The first-order chi connectivity index (χ1) is 8.83. The zero-order valence-electron chi connectivity index (χ0n) is 12.2. The maximum absolute atomic E-state index is 2.47. The van der Waals surface area contributed by atoms with Crippen LogP contribution in [0.5, 0.6) is 0 Å². The normalized spacial score (nSPS) is 12.6. The minimum atomic E-state index is 0.761. The van der Waals surface area contributed by atoms with Crippen molar-refractivity contribution in [2.45, 2.75) is 65.2 Å². The van der Waals surface area contributed by atoms with E-state index in [1.165, 1.54) is 50.5 Å². The van der Waals surface area contributed by atoms with Crippen molar-refractivity contribution in [3.8, 4) is 0 Å². The van der Waals surface area contributed by atoms with Gasteiger partial charge in [-0.3, -0.25) is 0 Å². The maximum atomic E-state index is 2.47. The van der Waals surface area contributed by atoms with E-state index >= 15 is 0 Å². The minimum Gasteiger partial charge on any atom is -0.0654 e. The van der Waals surface area contributed by atoms with E-state index in [0.29, 0.717) is 0 Å². The van der Waals surface area contributed by atoms with Crippen molar-refractivity contribution in [1.82, 2.24) is 0 Å². The van der Waals surface area contributed by atoms with Gasteiger partial charge in [-0.2, -0.15) is 0 Å². The number of benzene rings is 1. The van der Waals surface area contributed by atoms with Crippen molar-refractivity contribution in [3.05, 3.63) is 42.3 Å². The smallest absolute Gasteiger partial charge is 0.0245 e. The molecular weight excluding hydrogens is 216 g/mol. The Morgan fingerprint density at radius 1 is 0.944 bits per heavy atom. The quantitative estimate of drug-likeness (QED) is 0.456. The van der Waals surface area contributed by atoms with Gasteiger partial charge >= 0.3 is 0 Å². The van der Waals surface area contributed by atoms with Crippen molar-refractivity contribution in [2.75, 3.05) is 0 Å². The second-order valence-corrected chi connectivity index (χ2v) is 5.46. The minimum absolute atomic E-state index is 0.761. The zero-order valence-corrected chi connectivity index (χ0v) is 12.2. The Bertz CT molecular complexity index is 275. The molecule has 0 aromatic heterocycles. The largest absolute Gasteiger partial charge is 0.0654 e. The molecule has 1 aromatic rings. The van der Waals surface area contributed by atoms with Crippen molar-refractivity contribution in [2.24, 2.45) is 5.92 Å². The van der Waals surface area contributed by atoms with Crippen LogP contribution in [0, 0.1) is 12.3 Å². The van der Waals surface area contributed by atoms with Crippen LogP contribution in [0.3, 0.4) is 0 Å². The highest BCUT2D eigenvalue weighted by atomic mass is 14.1. The summed E-state index contributed by atoms with van der Waals surface area (Å²) in [6.45, 7) is 4.63. The fourth-order valence-electron chi connectivity index (χ4n) is 2.32. The van der Waals surface area contributed by atoms with E-state index in [4.69, 9.17) is 0 Å². The number of hydrogen-bond donors (Lipinski definition) is 0. The van der Waals surface area contributed by atoms with E-state index in [1.54, 1.807) is 0 Å². The Balaban J connectivity index is 1.99.